The Morgan fingerprint density at radius 1 is 1.16 bits per heavy atom. The summed E-state index contributed by atoms with van der Waals surface area (Å²) in [5.41, 5.74) is 1.93. The average molecular weight is 376 g/mol. The molecule has 0 spiro atoms. The molecule has 0 bridgehead atoms. The molecule has 1 amide bonds. The molecule has 2 aromatic carbocycles. The number of nitrogens with zero attached hydrogens (tertiary/aromatic N) is 2. The zero-order valence-corrected chi connectivity index (χ0v) is 15.2. The van der Waals surface area contributed by atoms with Gasteiger partial charge in [-0.3, -0.25) is 10.1 Å². The molecule has 1 heterocycles. The van der Waals surface area contributed by atoms with Crippen LogP contribution in [0.5, 0.6) is 0 Å². The molecule has 3 aromatic rings. The third-order valence-corrected chi connectivity index (χ3v) is 4.86. The van der Waals surface area contributed by atoms with Crippen LogP contribution in [0.4, 0.5) is 9.52 Å². The summed E-state index contributed by atoms with van der Waals surface area (Å²) < 4.78 is 13.8. The summed E-state index contributed by atoms with van der Waals surface area (Å²) in [6, 6.07) is 12.1. The number of carbonyl (C=O) groups is 1. The largest absolute Gasteiger partial charge is 0.296 e. The molecule has 0 fully saturated rings. The van der Waals surface area contributed by atoms with E-state index >= 15 is 0 Å². The van der Waals surface area contributed by atoms with Gasteiger partial charge in [0, 0.05) is 5.56 Å². The first-order valence-corrected chi connectivity index (χ1v) is 8.84. The number of hydrogen-bond donors (Lipinski definition) is 1. The number of carbonyl (C=O) groups excluding carboxylic acids is 1. The summed E-state index contributed by atoms with van der Waals surface area (Å²) in [6.07, 6.45) is 0. The highest BCUT2D eigenvalue weighted by Crippen LogP contribution is 2.28. The van der Waals surface area contributed by atoms with Crippen molar-refractivity contribution in [3.63, 3.8) is 0 Å². The highest BCUT2D eigenvalue weighted by molar-refractivity contribution is 7.18. The number of rotatable bonds is 4. The van der Waals surface area contributed by atoms with Crippen LogP contribution < -0.4 is 5.32 Å². The van der Waals surface area contributed by atoms with Crippen LogP contribution in [0.3, 0.4) is 0 Å². The van der Waals surface area contributed by atoms with Crippen molar-refractivity contribution in [1.29, 1.82) is 0 Å². The summed E-state index contributed by atoms with van der Waals surface area (Å²) in [7, 11) is 0. The summed E-state index contributed by atoms with van der Waals surface area (Å²) in [4.78, 5) is 12.2. The van der Waals surface area contributed by atoms with Crippen molar-refractivity contribution in [1.82, 2.24) is 10.2 Å². The minimum absolute atomic E-state index is 0.0477. The van der Waals surface area contributed by atoms with Crippen molar-refractivity contribution >= 4 is 34.0 Å². The monoisotopic (exact) mass is 375 g/mol. The highest BCUT2D eigenvalue weighted by Gasteiger charge is 2.18. The first-order valence-electron chi connectivity index (χ1n) is 7.65. The van der Waals surface area contributed by atoms with Crippen LogP contribution >= 0.6 is 22.9 Å². The van der Waals surface area contributed by atoms with Gasteiger partial charge < -0.3 is 0 Å². The van der Waals surface area contributed by atoms with E-state index in [1.165, 1.54) is 35.1 Å². The smallest absolute Gasteiger partial charge is 0.261 e. The molecule has 0 aliphatic carbocycles. The Morgan fingerprint density at radius 3 is 2.52 bits per heavy atom. The zero-order chi connectivity index (χ0) is 18.0. The van der Waals surface area contributed by atoms with Crippen LogP contribution in [-0.2, 0) is 0 Å². The van der Waals surface area contributed by atoms with Gasteiger partial charge in [-0.2, -0.15) is 0 Å². The second-order valence-electron chi connectivity index (χ2n) is 5.74. The summed E-state index contributed by atoms with van der Waals surface area (Å²) in [6.45, 7) is 4.25. The van der Waals surface area contributed by atoms with E-state index in [0.717, 1.165) is 5.56 Å². The Balaban J connectivity index is 1.79. The highest BCUT2D eigenvalue weighted by atomic mass is 35.5. The van der Waals surface area contributed by atoms with Crippen LogP contribution in [-0.4, -0.2) is 16.1 Å². The van der Waals surface area contributed by atoms with Gasteiger partial charge in [0.05, 0.1) is 10.6 Å². The lowest BCUT2D eigenvalue weighted by molar-refractivity contribution is 0.102. The van der Waals surface area contributed by atoms with Crippen molar-refractivity contribution < 1.29 is 9.18 Å². The fourth-order valence-electron chi connectivity index (χ4n) is 2.28. The first kappa shape index (κ1) is 17.5. The maximum absolute atomic E-state index is 13.8. The number of amides is 1. The van der Waals surface area contributed by atoms with Crippen LogP contribution in [0.15, 0.2) is 42.5 Å². The lowest BCUT2D eigenvalue weighted by Gasteiger charge is -2.05. The van der Waals surface area contributed by atoms with Crippen molar-refractivity contribution in [3.8, 4) is 10.6 Å². The summed E-state index contributed by atoms with van der Waals surface area (Å²) >= 11 is 7.11. The zero-order valence-electron chi connectivity index (χ0n) is 13.6. The van der Waals surface area contributed by atoms with Gasteiger partial charge in [-0.15, -0.1) is 10.2 Å². The molecule has 1 aromatic heterocycles. The lowest BCUT2D eigenvalue weighted by Crippen LogP contribution is -2.14. The number of benzene rings is 2. The molecule has 0 radical (unpaired) electrons. The first-order chi connectivity index (χ1) is 12.0. The maximum atomic E-state index is 13.8. The molecule has 4 nitrogen and oxygen atoms in total. The normalized spacial score (nSPS) is 10.9. The van der Waals surface area contributed by atoms with Gasteiger partial charge in [0.15, 0.2) is 0 Å². The van der Waals surface area contributed by atoms with E-state index in [0.29, 0.717) is 10.9 Å². The summed E-state index contributed by atoms with van der Waals surface area (Å²) in [5.74, 6) is -0.885. The van der Waals surface area contributed by atoms with E-state index in [4.69, 9.17) is 11.6 Å². The van der Waals surface area contributed by atoms with E-state index < -0.39 is 11.7 Å². The second-order valence-corrected chi connectivity index (χ2v) is 7.12. The number of anilines is 1. The van der Waals surface area contributed by atoms with Crippen LogP contribution in [0.2, 0.25) is 5.02 Å². The number of hydrogen-bond acceptors (Lipinski definition) is 4. The van der Waals surface area contributed by atoms with Gasteiger partial charge in [0.25, 0.3) is 5.91 Å². The molecule has 0 saturated carbocycles. The van der Waals surface area contributed by atoms with E-state index in [9.17, 15) is 9.18 Å². The molecule has 0 aliphatic heterocycles. The summed E-state index contributed by atoms with van der Waals surface area (Å²) in [5, 5.41) is 11.6. The molecule has 25 heavy (non-hydrogen) atoms. The standard InChI is InChI=1S/C18H15ClFN3OS/c1-10(2)11-6-8-12(9-7-11)17-22-23-18(25-17)21-16(24)15-13(19)4-3-5-14(15)20/h3-10H,1-2H3,(H,21,23,24). The Hall–Kier alpha value is -2.31. The van der Waals surface area contributed by atoms with E-state index in [-0.39, 0.29) is 15.7 Å². The number of aromatic nitrogens is 2. The molecule has 0 aliphatic rings. The quantitative estimate of drug-likeness (QED) is 0.666. The van der Waals surface area contributed by atoms with E-state index in [2.05, 4.69) is 29.4 Å². The van der Waals surface area contributed by atoms with Gasteiger partial charge in [-0.1, -0.05) is 67.1 Å². The molecular weight excluding hydrogens is 361 g/mol. The fourth-order valence-corrected chi connectivity index (χ4v) is 3.27. The molecule has 7 heteroatoms. The predicted molar refractivity (Wildman–Crippen MR) is 98.8 cm³/mol. The Kier molecular flexibility index (Phi) is 5.11. The predicted octanol–water partition coefficient (Wildman–Crippen LogP) is 5.37. The van der Waals surface area contributed by atoms with E-state index in [1.54, 1.807) is 0 Å². The van der Waals surface area contributed by atoms with E-state index in [1.807, 2.05) is 24.3 Å². The van der Waals surface area contributed by atoms with Crippen molar-refractivity contribution in [3.05, 3.63) is 64.4 Å². The minimum atomic E-state index is -0.681. The lowest BCUT2D eigenvalue weighted by atomic mass is 10.0. The van der Waals surface area contributed by atoms with Crippen LogP contribution in [0, 0.1) is 5.82 Å². The fraction of sp³-hybridized carbons (Fsp3) is 0.167. The molecule has 3 rings (SSSR count). The van der Waals surface area contributed by atoms with Gasteiger partial charge in [-0.05, 0) is 23.6 Å². The average Bonchev–Trinajstić information content (AvgIpc) is 3.03. The molecule has 128 valence electrons. The topological polar surface area (TPSA) is 54.9 Å². The second kappa shape index (κ2) is 7.29. The molecular formula is C18H15ClFN3OS. The Labute approximate surface area is 153 Å². The molecule has 0 unspecified atom stereocenters. The van der Waals surface area contributed by atoms with Crippen molar-refractivity contribution in [2.75, 3.05) is 5.32 Å². The maximum Gasteiger partial charge on any atom is 0.261 e. The van der Waals surface area contributed by atoms with Gasteiger partial charge in [0.1, 0.15) is 10.8 Å². The van der Waals surface area contributed by atoms with Gasteiger partial charge in [-0.25, -0.2) is 4.39 Å². The van der Waals surface area contributed by atoms with Crippen molar-refractivity contribution in [2.45, 2.75) is 19.8 Å². The van der Waals surface area contributed by atoms with Crippen molar-refractivity contribution in [2.24, 2.45) is 0 Å². The number of halogens is 2. The third kappa shape index (κ3) is 3.86. The molecule has 1 N–H and O–H groups in total. The minimum Gasteiger partial charge on any atom is -0.296 e. The van der Waals surface area contributed by atoms with Crippen LogP contribution in [0.25, 0.3) is 10.6 Å². The SMILES string of the molecule is CC(C)c1ccc(-c2nnc(NC(=O)c3c(F)cccc3Cl)s2)cc1. The van der Waals surface area contributed by atoms with Crippen LogP contribution in [0.1, 0.15) is 35.7 Å². The Morgan fingerprint density at radius 2 is 1.88 bits per heavy atom. The molecule has 0 atom stereocenters. The number of nitrogens with one attached hydrogen (secondary N) is 1. The Bertz CT molecular complexity index is 889. The third-order valence-electron chi connectivity index (χ3n) is 3.66. The van der Waals surface area contributed by atoms with Gasteiger partial charge >= 0.3 is 0 Å². The molecule has 0 saturated heterocycles. The van der Waals surface area contributed by atoms with Gasteiger partial charge in [0.2, 0.25) is 5.13 Å².